The summed E-state index contributed by atoms with van der Waals surface area (Å²) >= 11 is 0. The minimum Gasteiger partial charge on any atom is -0.494 e. The molecule has 1 aromatic carbocycles. The molecule has 0 spiro atoms. The summed E-state index contributed by atoms with van der Waals surface area (Å²) < 4.78 is 27.3. The van der Waals surface area contributed by atoms with Crippen LogP contribution in [0.15, 0.2) is 30.3 Å². The Morgan fingerprint density at radius 3 is 2.50 bits per heavy atom. The summed E-state index contributed by atoms with van der Waals surface area (Å²) in [5.74, 6) is 0.777. The highest BCUT2D eigenvalue weighted by Gasteiger charge is 2.10. The molecular formula is C11H17NO3S. The predicted molar refractivity (Wildman–Crippen MR) is 64.2 cm³/mol. The summed E-state index contributed by atoms with van der Waals surface area (Å²) in [5, 5.41) is 0. The van der Waals surface area contributed by atoms with Crippen molar-refractivity contribution >= 4 is 9.84 Å². The third kappa shape index (κ3) is 5.72. The minimum absolute atomic E-state index is 0.00511. The maximum absolute atomic E-state index is 11.0. The number of benzene rings is 1. The zero-order valence-electron chi connectivity index (χ0n) is 9.30. The van der Waals surface area contributed by atoms with E-state index < -0.39 is 9.84 Å². The van der Waals surface area contributed by atoms with E-state index in [-0.39, 0.29) is 11.8 Å². The highest BCUT2D eigenvalue weighted by atomic mass is 32.2. The van der Waals surface area contributed by atoms with Crippen LogP contribution in [0.5, 0.6) is 5.75 Å². The van der Waals surface area contributed by atoms with Crippen LogP contribution in [0.4, 0.5) is 0 Å². The highest BCUT2D eigenvalue weighted by molar-refractivity contribution is 7.90. The molecule has 1 rings (SSSR count). The third-order valence-electron chi connectivity index (χ3n) is 2.02. The van der Waals surface area contributed by atoms with Gasteiger partial charge in [0, 0.05) is 12.3 Å². The van der Waals surface area contributed by atoms with Crippen LogP contribution in [0.1, 0.15) is 6.42 Å². The van der Waals surface area contributed by atoms with Gasteiger partial charge in [0.05, 0.1) is 12.4 Å². The first-order chi connectivity index (χ1) is 7.47. The quantitative estimate of drug-likeness (QED) is 0.803. The lowest BCUT2D eigenvalue weighted by molar-refractivity contribution is 0.301. The monoisotopic (exact) mass is 243 g/mol. The van der Waals surface area contributed by atoms with Crippen LogP contribution < -0.4 is 10.5 Å². The van der Waals surface area contributed by atoms with Gasteiger partial charge in [0.2, 0.25) is 0 Å². The standard InChI is InChI=1S/C11H17NO3S/c1-16(13,14)9-10(12)7-8-15-11-5-3-2-4-6-11/h2-6,10H,7-9,12H2,1H3. The average Bonchev–Trinajstić information content (AvgIpc) is 2.16. The van der Waals surface area contributed by atoms with E-state index in [9.17, 15) is 8.42 Å². The van der Waals surface area contributed by atoms with E-state index in [0.29, 0.717) is 13.0 Å². The normalized spacial score (nSPS) is 13.4. The molecule has 0 saturated carbocycles. The molecule has 5 heteroatoms. The van der Waals surface area contributed by atoms with Gasteiger partial charge >= 0.3 is 0 Å². The van der Waals surface area contributed by atoms with Crippen molar-refractivity contribution in [3.05, 3.63) is 30.3 Å². The van der Waals surface area contributed by atoms with Crippen LogP contribution in [0.3, 0.4) is 0 Å². The molecule has 16 heavy (non-hydrogen) atoms. The number of sulfone groups is 1. The van der Waals surface area contributed by atoms with Crippen LogP contribution in [-0.2, 0) is 9.84 Å². The fourth-order valence-corrected chi connectivity index (χ4v) is 2.26. The zero-order chi connectivity index (χ0) is 12.0. The molecule has 2 N–H and O–H groups in total. The SMILES string of the molecule is CS(=O)(=O)CC(N)CCOc1ccccc1. The van der Waals surface area contributed by atoms with Crippen LogP contribution in [0.2, 0.25) is 0 Å². The minimum atomic E-state index is -3.00. The van der Waals surface area contributed by atoms with Gasteiger partial charge in [-0.3, -0.25) is 0 Å². The maximum atomic E-state index is 11.0. The van der Waals surface area contributed by atoms with Crippen molar-refractivity contribution in [2.24, 2.45) is 5.73 Å². The van der Waals surface area contributed by atoms with Crippen molar-refractivity contribution in [1.29, 1.82) is 0 Å². The van der Waals surface area contributed by atoms with E-state index in [0.717, 1.165) is 5.75 Å². The van der Waals surface area contributed by atoms with Gasteiger partial charge in [0.1, 0.15) is 15.6 Å². The van der Waals surface area contributed by atoms with Gasteiger partial charge in [0.25, 0.3) is 0 Å². The zero-order valence-corrected chi connectivity index (χ0v) is 10.1. The molecule has 1 unspecified atom stereocenters. The lowest BCUT2D eigenvalue weighted by Crippen LogP contribution is -2.30. The second-order valence-electron chi connectivity index (χ2n) is 3.80. The number of ether oxygens (including phenoxy) is 1. The number of para-hydroxylation sites is 1. The van der Waals surface area contributed by atoms with E-state index in [1.807, 2.05) is 30.3 Å². The van der Waals surface area contributed by atoms with Gasteiger partial charge in [-0.25, -0.2) is 8.42 Å². The fraction of sp³-hybridized carbons (Fsp3) is 0.455. The molecule has 0 radical (unpaired) electrons. The Balaban J connectivity index is 2.26. The van der Waals surface area contributed by atoms with E-state index in [1.165, 1.54) is 6.26 Å². The van der Waals surface area contributed by atoms with Gasteiger partial charge in [-0.1, -0.05) is 18.2 Å². The molecule has 1 atom stereocenters. The molecule has 90 valence electrons. The molecule has 4 nitrogen and oxygen atoms in total. The van der Waals surface area contributed by atoms with Gasteiger partial charge in [0.15, 0.2) is 0 Å². The average molecular weight is 243 g/mol. The molecule has 0 bridgehead atoms. The Bertz CT molecular complexity index is 402. The first-order valence-electron chi connectivity index (χ1n) is 5.08. The highest BCUT2D eigenvalue weighted by Crippen LogP contribution is 2.08. The Hall–Kier alpha value is -1.07. The molecule has 0 heterocycles. The first-order valence-corrected chi connectivity index (χ1v) is 7.14. The molecule has 0 aliphatic heterocycles. The van der Waals surface area contributed by atoms with E-state index in [1.54, 1.807) is 0 Å². The molecule has 0 aliphatic rings. The second-order valence-corrected chi connectivity index (χ2v) is 5.99. The summed E-state index contributed by atoms with van der Waals surface area (Å²) in [5.41, 5.74) is 5.66. The summed E-state index contributed by atoms with van der Waals surface area (Å²) in [6.45, 7) is 0.431. The number of hydrogen-bond acceptors (Lipinski definition) is 4. The predicted octanol–water partition coefficient (Wildman–Crippen LogP) is 0.827. The molecule has 0 fully saturated rings. The Morgan fingerprint density at radius 1 is 1.31 bits per heavy atom. The number of rotatable bonds is 6. The van der Waals surface area contributed by atoms with Crippen molar-refractivity contribution in [2.75, 3.05) is 18.6 Å². The Kier molecular flexibility index (Phi) is 4.76. The molecule has 0 aliphatic carbocycles. The second kappa shape index (κ2) is 5.86. The van der Waals surface area contributed by atoms with Gasteiger partial charge in [-0.15, -0.1) is 0 Å². The van der Waals surface area contributed by atoms with Gasteiger partial charge in [-0.05, 0) is 18.6 Å². The number of nitrogens with two attached hydrogens (primary N) is 1. The van der Waals surface area contributed by atoms with Crippen molar-refractivity contribution in [3.8, 4) is 5.75 Å². The van der Waals surface area contributed by atoms with E-state index in [2.05, 4.69) is 0 Å². The topological polar surface area (TPSA) is 69.4 Å². The Morgan fingerprint density at radius 2 is 1.94 bits per heavy atom. The van der Waals surface area contributed by atoms with Crippen molar-refractivity contribution in [3.63, 3.8) is 0 Å². The van der Waals surface area contributed by atoms with Crippen molar-refractivity contribution in [2.45, 2.75) is 12.5 Å². The van der Waals surface area contributed by atoms with Crippen LogP contribution >= 0.6 is 0 Å². The van der Waals surface area contributed by atoms with Gasteiger partial charge in [-0.2, -0.15) is 0 Å². The molecule has 0 aromatic heterocycles. The summed E-state index contributed by atoms with van der Waals surface area (Å²) in [6.07, 6.45) is 1.72. The lowest BCUT2D eigenvalue weighted by atomic mass is 10.3. The number of hydrogen-bond donors (Lipinski definition) is 1. The van der Waals surface area contributed by atoms with Crippen LogP contribution in [0.25, 0.3) is 0 Å². The summed E-state index contributed by atoms with van der Waals surface area (Å²) in [6, 6.07) is 9.00. The molecule has 0 saturated heterocycles. The van der Waals surface area contributed by atoms with Crippen molar-refractivity contribution in [1.82, 2.24) is 0 Å². The van der Waals surface area contributed by atoms with Crippen LogP contribution in [-0.4, -0.2) is 33.1 Å². The van der Waals surface area contributed by atoms with E-state index in [4.69, 9.17) is 10.5 Å². The first kappa shape index (κ1) is 13.0. The molecule has 1 aromatic rings. The van der Waals surface area contributed by atoms with E-state index >= 15 is 0 Å². The van der Waals surface area contributed by atoms with Gasteiger partial charge < -0.3 is 10.5 Å². The third-order valence-corrected chi connectivity index (χ3v) is 3.05. The summed E-state index contributed by atoms with van der Waals surface area (Å²) in [4.78, 5) is 0. The summed E-state index contributed by atoms with van der Waals surface area (Å²) in [7, 11) is -3.00. The maximum Gasteiger partial charge on any atom is 0.148 e. The van der Waals surface area contributed by atoms with Crippen LogP contribution in [0, 0.1) is 0 Å². The molecule has 0 amide bonds. The van der Waals surface area contributed by atoms with Crippen molar-refractivity contribution < 1.29 is 13.2 Å². The molecular weight excluding hydrogens is 226 g/mol. The fourth-order valence-electron chi connectivity index (χ4n) is 1.32. The largest absolute Gasteiger partial charge is 0.494 e. The lowest BCUT2D eigenvalue weighted by Gasteiger charge is -2.11. The Labute approximate surface area is 96.3 Å². The smallest absolute Gasteiger partial charge is 0.148 e.